The molecule has 1 aromatic carbocycles. The van der Waals surface area contributed by atoms with Gasteiger partial charge >= 0.3 is 0 Å². The van der Waals surface area contributed by atoms with Gasteiger partial charge in [0.2, 0.25) is 5.91 Å². The maximum Gasteiger partial charge on any atom is 0.257 e. The van der Waals surface area contributed by atoms with E-state index in [-0.39, 0.29) is 12.0 Å². The van der Waals surface area contributed by atoms with Crippen LogP contribution in [0, 0.1) is 6.92 Å². The van der Waals surface area contributed by atoms with E-state index in [0.29, 0.717) is 31.2 Å². The van der Waals surface area contributed by atoms with Crippen LogP contribution in [0.25, 0.3) is 11.5 Å². The van der Waals surface area contributed by atoms with Crippen LogP contribution in [0.3, 0.4) is 0 Å². The Labute approximate surface area is 149 Å². The number of hydrogen-bond donors (Lipinski definition) is 0. The minimum Gasteiger partial charge on any atom is -0.487 e. The molecule has 1 saturated heterocycles. The van der Waals surface area contributed by atoms with Crippen LogP contribution in [-0.2, 0) is 11.2 Å². The normalized spacial score (nSPS) is 14.4. The summed E-state index contributed by atoms with van der Waals surface area (Å²) in [6, 6.07) is 9.53. The van der Waals surface area contributed by atoms with Crippen molar-refractivity contribution < 1.29 is 14.1 Å². The topological polar surface area (TPSA) is 68.5 Å². The average molecular weight is 355 g/mol. The van der Waals surface area contributed by atoms with Gasteiger partial charge < -0.3 is 14.2 Å². The van der Waals surface area contributed by atoms with Crippen LogP contribution in [0.1, 0.15) is 11.4 Å². The Bertz CT molecular complexity index is 852. The van der Waals surface area contributed by atoms with Crippen LogP contribution >= 0.6 is 11.3 Å². The first kappa shape index (κ1) is 15.8. The molecule has 1 amide bonds. The van der Waals surface area contributed by atoms with Gasteiger partial charge in [-0.15, -0.1) is 0 Å². The molecule has 25 heavy (non-hydrogen) atoms. The lowest BCUT2D eigenvalue weighted by atomic mass is 10.1. The lowest BCUT2D eigenvalue weighted by Gasteiger charge is -2.39. The van der Waals surface area contributed by atoms with Crippen LogP contribution in [-0.4, -0.2) is 40.1 Å². The first-order chi connectivity index (χ1) is 12.2. The first-order valence-electron chi connectivity index (χ1n) is 8.03. The van der Waals surface area contributed by atoms with Crippen LogP contribution < -0.4 is 4.74 Å². The molecule has 4 rings (SSSR count). The van der Waals surface area contributed by atoms with Crippen LogP contribution in [0.2, 0.25) is 0 Å². The molecular formula is C18H17N3O3S. The highest BCUT2D eigenvalue weighted by Crippen LogP contribution is 2.23. The Hall–Kier alpha value is -2.67. The number of ether oxygens (including phenoxy) is 1. The van der Waals surface area contributed by atoms with Crippen LogP contribution in [0.4, 0.5) is 0 Å². The van der Waals surface area contributed by atoms with E-state index in [1.54, 1.807) is 18.3 Å². The van der Waals surface area contributed by atoms with Gasteiger partial charge in [-0.3, -0.25) is 4.79 Å². The van der Waals surface area contributed by atoms with Crippen molar-refractivity contribution in [3.05, 3.63) is 52.5 Å². The van der Waals surface area contributed by atoms with E-state index in [4.69, 9.17) is 9.26 Å². The zero-order valence-electron chi connectivity index (χ0n) is 13.7. The fraction of sp³-hybridized carbons (Fsp3) is 0.278. The zero-order chi connectivity index (χ0) is 17.2. The molecule has 128 valence electrons. The van der Waals surface area contributed by atoms with Crippen molar-refractivity contribution >= 4 is 17.2 Å². The maximum atomic E-state index is 12.1. The van der Waals surface area contributed by atoms with Crippen LogP contribution in [0.5, 0.6) is 5.75 Å². The second kappa shape index (κ2) is 6.68. The molecule has 0 aliphatic carbocycles. The number of carbonyl (C=O) groups excluding carboxylic acids is 1. The number of carbonyl (C=O) groups is 1. The molecule has 0 unspecified atom stereocenters. The lowest BCUT2D eigenvalue weighted by Crippen LogP contribution is -2.56. The van der Waals surface area contributed by atoms with Crippen molar-refractivity contribution in [2.45, 2.75) is 19.4 Å². The third kappa shape index (κ3) is 3.56. The standard InChI is InChI=1S/C18H17N3O3S/c1-12-19-18(24-20-12)14-2-4-15(5-3-14)23-16-9-21(10-16)17(22)8-13-6-7-25-11-13/h2-7,11,16H,8-10H2,1H3. The summed E-state index contributed by atoms with van der Waals surface area (Å²) in [6.45, 7) is 3.05. The van der Waals surface area contributed by atoms with Crippen molar-refractivity contribution in [3.63, 3.8) is 0 Å². The molecule has 3 aromatic rings. The molecule has 7 heteroatoms. The van der Waals surface area contributed by atoms with Crippen molar-refractivity contribution in [1.29, 1.82) is 0 Å². The summed E-state index contributed by atoms with van der Waals surface area (Å²) in [6.07, 6.45) is 0.511. The summed E-state index contributed by atoms with van der Waals surface area (Å²) in [5.41, 5.74) is 1.93. The Morgan fingerprint density at radius 2 is 2.12 bits per heavy atom. The minimum absolute atomic E-state index is 0.0444. The quantitative estimate of drug-likeness (QED) is 0.704. The second-order valence-corrected chi connectivity index (χ2v) is 6.80. The largest absolute Gasteiger partial charge is 0.487 e. The Morgan fingerprint density at radius 3 is 2.76 bits per heavy atom. The summed E-state index contributed by atoms with van der Waals surface area (Å²) in [5.74, 6) is 2.03. The monoisotopic (exact) mass is 355 g/mol. The molecule has 1 fully saturated rings. The number of likely N-dealkylation sites (tertiary alicyclic amines) is 1. The second-order valence-electron chi connectivity index (χ2n) is 6.02. The summed E-state index contributed by atoms with van der Waals surface area (Å²) < 4.78 is 11.0. The molecule has 3 heterocycles. The number of thiophene rings is 1. The van der Waals surface area contributed by atoms with Gasteiger partial charge in [-0.05, 0) is 53.6 Å². The smallest absolute Gasteiger partial charge is 0.257 e. The van der Waals surface area contributed by atoms with E-state index < -0.39 is 0 Å². The first-order valence-corrected chi connectivity index (χ1v) is 8.98. The average Bonchev–Trinajstić information content (AvgIpc) is 3.22. The Kier molecular flexibility index (Phi) is 4.23. The third-order valence-corrected chi connectivity index (χ3v) is 4.80. The van der Waals surface area contributed by atoms with Gasteiger partial charge in [0.1, 0.15) is 11.9 Å². The van der Waals surface area contributed by atoms with Gasteiger partial charge in [-0.1, -0.05) is 5.16 Å². The van der Waals surface area contributed by atoms with E-state index in [0.717, 1.165) is 16.9 Å². The predicted molar refractivity (Wildman–Crippen MR) is 93.5 cm³/mol. The lowest BCUT2D eigenvalue weighted by molar-refractivity contribution is -0.139. The molecule has 0 spiro atoms. The van der Waals surface area contributed by atoms with E-state index >= 15 is 0 Å². The van der Waals surface area contributed by atoms with E-state index in [2.05, 4.69) is 10.1 Å². The number of amides is 1. The maximum absolute atomic E-state index is 12.1. The van der Waals surface area contributed by atoms with Gasteiger partial charge in [0.25, 0.3) is 5.89 Å². The van der Waals surface area contributed by atoms with E-state index in [1.165, 1.54) is 0 Å². The third-order valence-electron chi connectivity index (χ3n) is 4.07. The minimum atomic E-state index is 0.0444. The predicted octanol–water partition coefficient (Wildman–Crippen LogP) is 2.94. The van der Waals surface area contributed by atoms with Gasteiger partial charge in [0.15, 0.2) is 5.82 Å². The summed E-state index contributed by atoms with van der Waals surface area (Å²) in [7, 11) is 0. The van der Waals surface area contributed by atoms with Crippen molar-refractivity contribution in [3.8, 4) is 17.2 Å². The number of rotatable bonds is 5. The fourth-order valence-electron chi connectivity index (χ4n) is 2.68. The Morgan fingerprint density at radius 1 is 1.32 bits per heavy atom. The zero-order valence-corrected chi connectivity index (χ0v) is 14.5. The van der Waals surface area contributed by atoms with Gasteiger partial charge in [0, 0.05) is 5.56 Å². The molecule has 1 aliphatic heterocycles. The van der Waals surface area contributed by atoms with Crippen LogP contribution in [0.15, 0.2) is 45.6 Å². The number of aryl methyl sites for hydroxylation is 1. The van der Waals surface area contributed by atoms with E-state index in [9.17, 15) is 4.79 Å². The number of nitrogens with zero attached hydrogens (tertiary/aromatic N) is 3. The van der Waals surface area contributed by atoms with Crippen molar-refractivity contribution in [2.75, 3.05) is 13.1 Å². The van der Waals surface area contributed by atoms with Crippen molar-refractivity contribution in [1.82, 2.24) is 15.0 Å². The summed E-state index contributed by atoms with van der Waals surface area (Å²) >= 11 is 1.61. The van der Waals surface area contributed by atoms with Crippen molar-refractivity contribution in [2.24, 2.45) is 0 Å². The van der Waals surface area contributed by atoms with Gasteiger partial charge in [-0.2, -0.15) is 16.3 Å². The molecule has 2 aromatic heterocycles. The molecule has 0 radical (unpaired) electrons. The highest BCUT2D eigenvalue weighted by atomic mass is 32.1. The van der Waals surface area contributed by atoms with E-state index in [1.807, 2.05) is 46.0 Å². The van der Waals surface area contributed by atoms with Gasteiger partial charge in [0.05, 0.1) is 19.5 Å². The SMILES string of the molecule is Cc1noc(-c2ccc(OC3CN(C(=O)Cc4ccsc4)C3)cc2)n1. The molecule has 0 N–H and O–H groups in total. The number of aromatic nitrogens is 2. The number of benzene rings is 1. The summed E-state index contributed by atoms with van der Waals surface area (Å²) in [5, 5.41) is 7.79. The highest BCUT2D eigenvalue weighted by molar-refractivity contribution is 7.08. The Balaban J connectivity index is 1.28. The summed E-state index contributed by atoms with van der Waals surface area (Å²) in [4.78, 5) is 18.2. The molecular weight excluding hydrogens is 338 g/mol. The van der Waals surface area contributed by atoms with Gasteiger partial charge in [-0.25, -0.2) is 0 Å². The molecule has 6 nitrogen and oxygen atoms in total. The molecule has 1 aliphatic rings. The molecule has 0 saturated carbocycles. The number of hydrogen-bond acceptors (Lipinski definition) is 6. The molecule has 0 bridgehead atoms. The highest BCUT2D eigenvalue weighted by Gasteiger charge is 2.32. The fourth-order valence-corrected chi connectivity index (χ4v) is 3.35. The molecule has 0 atom stereocenters.